The van der Waals surface area contributed by atoms with Crippen LogP contribution in [-0.4, -0.2) is 11.1 Å². The molecule has 0 radical (unpaired) electrons. The Morgan fingerprint density at radius 2 is 1.71 bits per heavy atom. The number of hydrogen-bond donors (Lipinski definition) is 1. The molecule has 1 N–H and O–H groups in total. The summed E-state index contributed by atoms with van der Waals surface area (Å²) in [6.07, 6.45) is 0.310. The molecule has 0 spiro atoms. The summed E-state index contributed by atoms with van der Waals surface area (Å²) in [4.78, 5) is 16.2. The zero-order chi connectivity index (χ0) is 16.5. The van der Waals surface area contributed by atoms with Crippen molar-refractivity contribution in [2.45, 2.75) is 13.0 Å². The summed E-state index contributed by atoms with van der Waals surface area (Å²) in [7, 11) is 0. The number of aryl methyl sites for hydroxylation is 1. The number of aromatic nitrogens is 1. The van der Waals surface area contributed by atoms with E-state index in [0.717, 1.165) is 11.1 Å². The fourth-order valence-electron chi connectivity index (χ4n) is 2.63. The van der Waals surface area contributed by atoms with Gasteiger partial charge >= 0.3 is 12.1 Å². The van der Waals surface area contributed by atoms with Gasteiger partial charge in [0.1, 0.15) is 17.3 Å². The summed E-state index contributed by atoms with van der Waals surface area (Å²) in [6.45, 7) is 1.74. The molecule has 0 bridgehead atoms. The molecule has 0 atom stereocenters. The molecule has 1 aromatic heterocycles. The van der Waals surface area contributed by atoms with Crippen LogP contribution in [0.25, 0.3) is 0 Å². The highest BCUT2D eigenvalue weighted by Gasteiger charge is 2.30. The SMILES string of the molecule is Cc1cnc(NC(=O)OC2c3ccccc3Oc3ccccc32)o1. The van der Waals surface area contributed by atoms with Crippen LogP contribution in [-0.2, 0) is 4.74 Å². The summed E-state index contributed by atoms with van der Waals surface area (Å²) >= 11 is 0. The highest BCUT2D eigenvalue weighted by atomic mass is 16.6. The molecule has 6 nitrogen and oxygen atoms in total. The van der Waals surface area contributed by atoms with Crippen molar-refractivity contribution in [1.82, 2.24) is 4.98 Å². The molecule has 1 aliphatic rings. The molecule has 2 heterocycles. The van der Waals surface area contributed by atoms with Crippen molar-refractivity contribution >= 4 is 12.1 Å². The topological polar surface area (TPSA) is 73.6 Å². The van der Waals surface area contributed by atoms with Crippen LogP contribution in [0.15, 0.2) is 59.1 Å². The third kappa shape index (κ3) is 2.58. The van der Waals surface area contributed by atoms with Gasteiger partial charge in [-0.05, 0) is 19.1 Å². The first kappa shape index (κ1) is 14.3. The maximum Gasteiger partial charge on any atom is 0.416 e. The maximum absolute atomic E-state index is 12.2. The second-order valence-electron chi connectivity index (χ2n) is 5.36. The van der Waals surface area contributed by atoms with Crippen LogP contribution in [0.2, 0.25) is 0 Å². The molecule has 24 heavy (non-hydrogen) atoms. The fraction of sp³-hybridized carbons (Fsp3) is 0.111. The molecule has 1 aliphatic heterocycles. The minimum Gasteiger partial charge on any atom is -0.456 e. The Labute approximate surface area is 138 Å². The summed E-state index contributed by atoms with van der Waals surface area (Å²) < 4.78 is 16.7. The van der Waals surface area contributed by atoms with E-state index in [4.69, 9.17) is 13.9 Å². The molecule has 3 aromatic rings. The van der Waals surface area contributed by atoms with Crippen LogP contribution in [0.5, 0.6) is 11.5 Å². The largest absolute Gasteiger partial charge is 0.456 e. The number of para-hydroxylation sites is 2. The van der Waals surface area contributed by atoms with Crippen molar-refractivity contribution < 1.29 is 18.7 Å². The van der Waals surface area contributed by atoms with Gasteiger partial charge in [0.25, 0.3) is 0 Å². The normalized spacial score (nSPS) is 12.7. The number of oxazole rings is 1. The molecule has 1 amide bonds. The Bertz CT molecular complexity index is 858. The molecule has 6 heteroatoms. The lowest BCUT2D eigenvalue weighted by atomic mass is 9.97. The first-order valence-electron chi connectivity index (χ1n) is 7.46. The lowest BCUT2D eigenvalue weighted by Gasteiger charge is -2.27. The van der Waals surface area contributed by atoms with Crippen LogP contribution >= 0.6 is 0 Å². The Morgan fingerprint density at radius 1 is 1.08 bits per heavy atom. The van der Waals surface area contributed by atoms with Gasteiger partial charge in [-0.1, -0.05) is 36.4 Å². The third-order valence-electron chi connectivity index (χ3n) is 3.68. The van der Waals surface area contributed by atoms with Crippen molar-refractivity contribution in [3.63, 3.8) is 0 Å². The van der Waals surface area contributed by atoms with Gasteiger partial charge in [-0.25, -0.2) is 15.1 Å². The van der Waals surface area contributed by atoms with Crippen molar-refractivity contribution in [2.75, 3.05) is 5.32 Å². The number of carbonyl (C=O) groups excluding carboxylic acids is 1. The zero-order valence-corrected chi connectivity index (χ0v) is 12.9. The number of hydrogen-bond acceptors (Lipinski definition) is 5. The van der Waals surface area contributed by atoms with Crippen LogP contribution in [0.4, 0.5) is 10.8 Å². The Morgan fingerprint density at radius 3 is 2.29 bits per heavy atom. The Hall–Kier alpha value is -3.28. The number of fused-ring (bicyclic) bond motifs is 2. The monoisotopic (exact) mass is 322 g/mol. The molecule has 2 aromatic carbocycles. The predicted octanol–water partition coefficient (Wildman–Crippen LogP) is 4.43. The molecule has 0 unspecified atom stereocenters. The van der Waals surface area contributed by atoms with Gasteiger partial charge in [0.15, 0.2) is 6.10 Å². The van der Waals surface area contributed by atoms with Crippen molar-refractivity contribution in [3.8, 4) is 11.5 Å². The number of nitrogens with zero attached hydrogens (tertiary/aromatic N) is 1. The first-order valence-corrected chi connectivity index (χ1v) is 7.46. The van der Waals surface area contributed by atoms with Crippen LogP contribution in [0.1, 0.15) is 23.0 Å². The molecular weight excluding hydrogens is 308 g/mol. The molecule has 120 valence electrons. The number of nitrogens with one attached hydrogen (secondary N) is 1. The molecule has 0 fully saturated rings. The van der Waals surface area contributed by atoms with Gasteiger partial charge in [-0.2, -0.15) is 0 Å². The minimum absolute atomic E-state index is 0.103. The summed E-state index contributed by atoms with van der Waals surface area (Å²) in [5, 5.41) is 2.49. The molecular formula is C18H14N2O4. The lowest BCUT2D eigenvalue weighted by Crippen LogP contribution is -2.21. The van der Waals surface area contributed by atoms with Crippen molar-refractivity contribution in [2.24, 2.45) is 0 Å². The Kier molecular flexibility index (Phi) is 3.42. The van der Waals surface area contributed by atoms with Crippen LogP contribution in [0.3, 0.4) is 0 Å². The lowest BCUT2D eigenvalue weighted by molar-refractivity contribution is 0.124. The maximum atomic E-state index is 12.2. The first-order chi connectivity index (χ1) is 11.7. The molecule has 0 saturated heterocycles. The van der Waals surface area contributed by atoms with E-state index >= 15 is 0 Å². The van der Waals surface area contributed by atoms with E-state index in [1.807, 2.05) is 48.5 Å². The number of ether oxygens (including phenoxy) is 2. The third-order valence-corrected chi connectivity index (χ3v) is 3.68. The number of anilines is 1. The highest BCUT2D eigenvalue weighted by Crippen LogP contribution is 2.44. The van der Waals surface area contributed by atoms with E-state index in [1.54, 1.807) is 6.92 Å². The smallest absolute Gasteiger partial charge is 0.416 e. The fourth-order valence-corrected chi connectivity index (χ4v) is 2.63. The molecule has 0 saturated carbocycles. The van der Waals surface area contributed by atoms with E-state index < -0.39 is 12.2 Å². The van der Waals surface area contributed by atoms with Crippen LogP contribution in [0, 0.1) is 6.92 Å². The zero-order valence-electron chi connectivity index (χ0n) is 12.9. The van der Waals surface area contributed by atoms with Gasteiger partial charge in [-0.15, -0.1) is 0 Å². The summed E-state index contributed by atoms with van der Waals surface area (Å²) in [5.74, 6) is 1.94. The average molecular weight is 322 g/mol. The van der Waals surface area contributed by atoms with Gasteiger partial charge in [-0.3, -0.25) is 0 Å². The van der Waals surface area contributed by atoms with Gasteiger partial charge in [0.2, 0.25) is 0 Å². The Balaban J connectivity index is 1.63. The quantitative estimate of drug-likeness (QED) is 0.755. The van der Waals surface area contributed by atoms with E-state index in [-0.39, 0.29) is 6.01 Å². The summed E-state index contributed by atoms with van der Waals surface area (Å²) in [6, 6.07) is 15.0. The van der Waals surface area contributed by atoms with E-state index in [2.05, 4.69) is 10.3 Å². The predicted molar refractivity (Wildman–Crippen MR) is 86.1 cm³/mol. The number of carbonyl (C=O) groups is 1. The molecule has 4 rings (SSSR count). The van der Waals surface area contributed by atoms with E-state index in [9.17, 15) is 4.79 Å². The summed E-state index contributed by atoms with van der Waals surface area (Å²) in [5.41, 5.74) is 1.57. The van der Waals surface area contributed by atoms with Gasteiger partial charge in [0, 0.05) is 11.1 Å². The molecule has 0 aliphatic carbocycles. The standard InChI is InChI=1S/C18H14N2O4/c1-11-10-19-17(22-11)20-18(21)24-16-12-6-2-4-8-14(12)23-15-9-5-3-7-13(15)16/h2-10,16H,1H3,(H,19,20,21). The van der Waals surface area contributed by atoms with E-state index in [1.165, 1.54) is 6.20 Å². The van der Waals surface area contributed by atoms with Gasteiger partial charge < -0.3 is 13.9 Å². The van der Waals surface area contributed by atoms with Crippen LogP contribution < -0.4 is 10.1 Å². The van der Waals surface area contributed by atoms with Gasteiger partial charge in [0.05, 0.1) is 6.20 Å². The highest BCUT2D eigenvalue weighted by molar-refractivity contribution is 5.82. The number of rotatable bonds is 2. The van der Waals surface area contributed by atoms with E-state index in [0.29, 0.717) is 17.3 Å². The minimum atomic E-state index is -0.645. The number of benzene rings is 2. The van der Waals surface area contributed by atoms with Crippen molar-refractivity contribution in [1.29, 1.82) is 0 Å². The average Bonchev–Trinajstić information content (AvgIpc) is 2.99. The van der Waals surface area contributed by atoms with Crippen molar-refractivity contribution in [3.05, 3.63) is 71.6 Å². The second-order valence-corrected chi connectivity index (χ2v) is 5.36. The number of amides is 1. The second kappa shape index (κ2) is 5.73.